The van der Waals surface area contributed by atoms with Crippen LogP contribution in [0.1, 0.15) is 21.8 Å². The molecular weight excluding hydrogens is 463 g/mol. The fourth-order valence-electron chi connectivity index (χ4n) is 3.74. The van der Waals surface area contributed by atoms with Crippen LogP contribution in [-0.2, 0) is 16.2 Å². The van der Waals surface area contributed by atoms with Crippen LogP contribution in [0.15, 0.2) is 39.8 Å². The van der Waals surface area contributed by atoms with Crippen LogP contribution in [0.2, 0.25) is 0 Å². The minimum absolute atomic E-state index is 0.0355. The largest absolute Gasteiger partial charge is 0.452 e. The third-order valence-corrected chi connectivity index (χ3v) is 8.70. The van der Waals surface area contributed by atoms with Gasteiger partial charge < -0.3 is 9.42 Å². The molecule has 3 heterocycles. The average Bonchev–Trinajstić information content (AvgIpc) is 3.37. The van der Waals surface area contributed by atoms with Crippen molar-refractivity contribution < 1.29 is 26.1 Å². The molecule has 2 aromatic heterocycles. The van der Waals surface area contributed by atoms with E-state index in [0.717, 1.165) is 34.2 Å². The molecule has 6 nitrogen and oxygen atoms in total. The number of hydrogen-bond acceptors (Lipinski definition) is 6. The first-order valence-electron chi connectivity index (χ1n) is 9.94. The van der Waals surface area contributed by atoms with Gasteiger partial charge in [0.15, 0.2) is 0 Å². The van der Waals surface area contributed by atoms with Gasteiger partial charge in [0.1, 0.15) is 5.69 Å². The number of anilines is 1. The first kappa shape index (κ1) is 22.8. The number of thiophene rings is 1. The summed E-state index contributed by atoms with van der Waals surface area (Å²) in [6.07, 6.45) is -4.65. The summed E-state index contributed by atoms with van der Waals surface area (Å²) in [5.41, 5.74) is 3.34. The fraction of sp³-hybridized carbons (Fsp3) is 0.381. The van der Waals surface area contributed by atoms with Gasteiger partial charge in [-0.2, -0.15) is 17.5 Å². The lowest BCUT2D eigenvalue weighted by atomic mass is 10.1. The number of rotatable bonds is 4. The van der Waals surface area contributed by atoms with Gasteiger partial charge in [-0.3, -0.25) is 0 Å². The maximum absolute atomic E-state index is 13.3. The molecule has 0 unspecified atom stereocenters. The maximum atomic E-state index is 13.3. The van der Waals surface area contributed by atoms with E-state index in [1.54, 1.807) is 6.92 Å². The Bertz CT molecular complexity index is 1240. The van der Waals surface area contributed by atoms with E-state index in [-0.39, 0.29) is 10.6 Å². The molecule has 0 bridgehead atoms. The number of nitrogens with zero attached hydrogens (tertiary/aromatic N) is 3. The summed E-state index contributed by atoms with van der Waals surface area (Å²) in [7, 11) is -3.79. The first-order chi connectivity index (χ1) is 15.0. The van der Waals surface area contributed by atoms with Crippen molar-refractivity contribution in [1.29, 1.82) is 0 Å². The predicted molar refractivity (Wildman–Crippen MR) is 116 cm³/mol. The van der Waals surface area contributed by atoms with Gasteiger partial charge in [0.05, 0.1) is 9.77 Å². The smallest absolute Gasteiger partial charge is 0.369 e. The number of piperazine rings is 1. The molecule has 1 saturated heterocycles. The minimum atomic E-state index is -4.65. The van der Waals surface area contributed by atoms with Crippen LogP contribution in [0.4, 0.5) is 18.9 Å². The standard InChI is InChI=1S/C21H22F3N3O3S2/c1-13-4-5-14(2)17(10-13)26-6-8-27(9-7-26)32(28,29)19-12-18(31-15(19)3)16-11-20(30-25-16)21(22,23)24/h4-5,10-12H,6-9H2,1-3H3. The number of alkyl halides is 3. The molecule has 1 aliphatic heterocycles. The molecule has 0 aliphatic carbocycles. The molecule has 0 spiro atoms. The summed E-state index contributed by atoms with van der Waals surface area (Å²) >= 11 is 1.08. The lowest BCUT2D eigenvalue weighted by Gasteiger charge is -2.36. The lowest BCUT2D eigenvalue weighted by Crippen LogP contribution is -2.48. The predicted octanol–water partition coefficient (Wildman–Crippen LogP) is 4.86. The number of sulfonamides is 1. The zero-order chi connectivity index (χ0) is 23.3. The highest BCUT2D eigenvalue weighted by atomic mass is 32.2. The van der Waals surface area contributed by atoms with Gasteiger partial charge >= 0.3 is 6.18 Å². The topological polar surface area (TPSA) is 66.7 Å². The molecule has 172 valence electrons. The number of aromatic nitrogens is 1. The van der Waals surface area contributed by atoms with E-state index in [2.05, 4.69) is 26.7 Å². The zero-order valence-electron chi connectivity index (χ0n) is 17.7. The van der Waals surface area contributed by atoms with E-state index >= 15 is 0 Å². The highest BCUT2D eigenvalue weighted by molar-refractivity contribution is 7.89. The molecule has 11 heteroatoms. The SMILES string of the molecule is Cc1ccc(C)c(N2CCN(S(=O)(=O)c3cc(-c4cc(C(F)(F)F)on4)sc3C)CC2)c1. The van der Waals surface area contributed by atoms with Gasteiger partial charge in [-0.25, -0.2) is 8.42 Å². The highest BCUT2D eigenvalue weighted by Crippen LogP contribution is 2.37. The molecule has 0 amide bonds. The van der Waals surface area contributed by atoms with Crippen molar-refractivity contribution in [3.63, 3.8) is 0 Å². The Morgan fingerprint density at radius 2 is 1.72 bits per heavy atom. The summed E-state index contributed by atoms with van der Waals surface area (Å²) < 4.78 is 70.7. The average molecular weight is 486 g/mol. The molecule has 0 atom stereocenters. The molecule has 3 aromatic rings. The molecule has 32 heavy (non-hydrogen) atoms. The van der Waals surface area contributed by atoms with E-state index in [4.69, 9.17) is 0 Å². The molecule has 1 fully saturated rings. The van der Waals surface area contributed by atoms with Crippen LogP contribution in [0.3, 0.4) is 0 Å². The second kappa shape index (κ2) is 8.20. The van der Waals surface area contributed by atoms with Crippen LogP contribution in [-0.4, -0.2) is 44.1 Å². The molecular formula is C21H22F3N3O3S2. The lowest BCUT2D eigenvalue weighted by molar-refractivity contribution is -0.155. The Kier molecular flexibility index (Phi) is 5.84. The number of benzene rings is 1. The Labute approximate surface area is 188 Å². The Balaban J connectivity index is 1.53. The summed E-state index contributed by atoms with van der Waals surface area (Å²) in [6.45, 7) is 7.44. The van der Waals surface area contributed by atoms with E-state index < -0.39 is 22.0 Å². The number of halogens is 3. The van der Waals surface area contributed by atoms with Gasteiger partial charge in [0, 0.05) is 42.8 Å². The van der Waals surface area contributed by atoms with Crippen molar-refractivity contribution in [3.05, 3.63) is 52.1 Å². The molecule has 1 aromatic carbocycles. The van der Waals surface area contributed by atoms with Gasteiger partial charge in [0.2, 0.25) is 15.8 Å². The summed E-state index contributed by atoms with van der Waals surface area (Å²) in [5, 5.41) is 3.46. The fourth-order valence-corrected chi connectivity index (χ4v) is 6.68. The van der Waals surface area contributed by atoms with Crippen LogP contribution in [0, 0.1) is 20.8 Å². The van der Waals surface area contributed by atoms with Crippen molar-refractivity contribution in [2.45, 2.75) is 31.8 Å². The number of hydrogen-bond donors (Lipinski definition) is 0. The zero-order valence-corrected chi connectivity index (χ0v) is 19.4. The van der Waals surface area contributed by atoms with E-state index in [1.807, 2.05) is 19.9 Å². The highest BCUT2D eigenvalue weighted by Gasteiger charge is 2.37. The summed E-state index contributed by atoms with van der Waals surface area (Å²) in [5.74, 6) is -1.22. The van der Waals surface area contributed by atoms with Crippen LogP contribution < -0.4 is 4.90 Å². The summed E-state index contributed by atoms with van der Waals surface area (Å²) in [4.78, 5) is 3.08. The van der Waals surface area contributed by atoms with E-state index in [9.17, 15) is 21.6 Å². The maximum Gasteiger partial charge on any atom is 0.452 e. The Morgan fingerprint density at radius 3 is 2.34 bits per heavy atom. The minimum Gasteiger partial charge on any atom is -0.369 e. The van der Waals surface area contributed by atoms with Crippen LogP contribution in [0.25, 0.3) is 10.6 Å². The van der Waals surface area contributed by atoms with Crippen molar-refractivity contribution in [3.8, 4) is 10.6 Å². The number of aryl methyl sites for hydroxylation is 3. The second-order valence-electron chi connectivity index (χ2n) is 7.79. The van der Waals surface area contributed by atoms with Gasteiger partial charge in [-0.15, -0.1) is 11.3 Å². The van der Waals surface area contributed by atoms with Gasteiger partial charge in [0.25, 0.3) is 0 Å². The van der Waals surface area contributed by atoms with Crippen molar-refractivity contribution in [2.24, 2.45) is 0 Å². The van der Waals surface area contributed by atoms with Crippen LogP contribution >= 0.6 is 11.3 Å². The van der Waals surface area contributed by atoms with Crippen molar-refractivity contribution >= 4 is 27.0 Å². The molecule has 0 radical (unpaired) electrons. The Morgan fingerprint density at radius 1 is 1.03 bits per heavy atom. The first-order valence-corrected chi connectivity index (χ1v) is 12.2. The van der Waals surface area contributed by atoms with Gasteiger partial charge in [-0.1, -0.05) is 17.3 Å². The van der Waals surface area contributed by atoms with Crippen LogP contribution in [0.5, 0.6) is 0 Å². The molecule has 1 aliphatic rings. The van der Waals surface area contributed by atoms with Crippen molar-refractivity contribution in [1.82, 2.24) is 9.46 Å². The van der Waals surface area contributed by atoms with Gasteiger partial charge in [-0.05, 0) is 44.0 Å². The third kappa shape index (κ3) is 4.28. The third-order valence-electron chi connectivity index (χ3n) is 5.48. The summed E-state index contributed by atoms with van der Waals surface area (Å²) in [6, 6.07) is 8.36. The normalized spacial score (nSPS) is 16.0. The monoisotopic (exact) mass is 485 g/mol. The van der Waals surface area contributed by atoms with E-state index in [0.29, 0.717) is 35.9 Å². The molecule has 0 N–H and O–H groups in total. The van der Waals surface area contributed by atoms with Crippen molar-refractivity contribution in [2.75, 3.05) is 31.1 Å². The molecule has 0 saturated carbocycles. The molecule has 4 rings (SSSR count). The van der Waals surface area contributed by atoms with E-state index in [1.165, 1.54) is 10.4 Å². The Hall–Kier alpha value is -2.37. The second-order valence-corrected chi connectivity index (χ2v) is 10.9. The quantitative estimate of drug-likeness (QED) is 0.528.